The third kappa shape index (κ3) is 1.75. The van der Waals surface area contributed by atoms with Crippen molar-refractivity contribution in [3.05, 3.63) is 35.4 Å². The Morgan fingerprint density at radius 3 is 2.59 bits per heavy atom. The minimum Gasteiger partial charge on any atom is -0.481 e. The molecule has 0 amide bonds. The van der Waals surface area contributed by atoms with Crippen molar-refractivity contribution in [2.75, 3.05) is 7.11 Å². The van der Waals surface area contributed by atoms with Crippen LogP contribution in [0.5, 0.6) is 0 Å². The van der Waals surface area contributed by atoms with E-state index in [1.54, 1.807) is 7.11 Å². The van der Waals surface area contributed by atoms with Crippen molar-refractivity contribution in [3.8, 4) is 0 Å². The minimum atomic E-state index is -0.725. The molecule has 1 aromatic carbocycles. The summed E-state index contributed by atoms with van der Waals surface area (Å²) >= 11 is 0. The van der Waals surface area contributed by atoms with Gasteiger partial charge in [0.25, 0.3) is 0 Å². The number of rotatable bonds is 4. The van der Waals surface area contributed by atoms with Gasteiger partial charge < -0.3 is 9.84 Å². The first-order valence-corrected chi connectivity index (χ1v) is 5.76. The summed E-state index contributed by atoms with van der Waals surface area (Å²) in [6, 6.07) is 7.72. The van der Waals surface area contributed by atoms with Crippen molar-refractivity contribution < 1.29 is 14.6 Å². The number of methoxy groups -OCH3 is 1. The molecule has 0 aliphatic heterocycles. The van der Waals surface area contributed by atoms with Crippen molar-refractivity contribution in [3.63, 3.8) is 0 Å². The molecule has 1 atom stereocenters. The van der Waals surface area contributed by atoms with Crippen LogP contribution in [-0.4, -0.2) is 18.2 Å². The van der Waals surface area contributed by atoms with Crippen LogP contribution in [0.25, 0.3) is 0 Å². The van der Waals surface area contributed by atoms with Crippen molar-refractivity contribution in [2.45, 2.75) is 32.3 Å². The first kappa shape index (κ1) is 12.1. The molecule has 2 rings (SSSR count). The average Bonchev–Trinajstić information content (AvgIpc) is 2.84. The lowest BCUT2D eigenvalue weighted by Crippen LogP contribution is -2.25. The van der Waals surface area contributed by atoms with E-state index in [4.69, 9.17) is 4.74 Å². The summed E-state index contributed by atoms with van der Waals surface area (Å²) in [7, 11) is 1.64. The molecule has 0 aromatic heterocycles. The van der Waals surface area contributed by atoms with Crippen LogP contribution in [0.3, 0.4) is 0 Å². The third-order valence-corrected chi connectivity index (χ3v) is 3.83. The fraction of sp³-hybridized carbons (Fsp3) is 0.500. The van der Waals surface area contributed by atoms with E-state index in [2.05, 4.69) is 0 Å². The summed E-state index contributed by atoms with van der Waals surface area (Å²) < 4.78 is 5.08. The zero-order valence-electron chi connectivity index (χ0n) is 10.5. The Hall–Kier alpha value is -1.35. The monoisotopic (exact) mass is 234 g/mol. The average molecular weight is 234 g/mol. The largest absolute Gasteiger partial charge is 0.481 e. The van der Waals surface area contributed by atoms with Gasteiger partial charge >= 0.3 is 5.97 Å². The van der Waals surface area contributed by atoms with Gasteiger partial charge in [0.2, 0.25) is 0 Å². The van der Waals surface area contributed by atoms with Crippen molar-refractivity contribution in [1.82, 2.24) is 0 Å². The first-order valence-electron chi connectivity index (χ1n) is 5.76. The second kappa shape index (κ2) is 3.84. The Morgan fingerprint density at radius 1 is 1.47 bits per heavy atom. The van der Waals surface area contributed by atoms with Gasteiger partial charge in [-0.3, -0.25) is 4.79 Å². The molecule has 0 heterocycles. The van der Waals surface area contributed by atoms with Crippen LogP contribution in [0.2, 0.25) is 0 Å². The second-order valence-electron chi connectivity index (χ2n) is 5.40. The van der Waals surface area contributed by atoms with Gasteiger partial charge in [-0.15, -0.1) is 0 Å². The van der Waals surface area contributed by atoms with Gasteiger partial charge in [-0.25, -0.2) is 0 Å². The minimum absolute atomic E-state index is 0.162. The van der Waals surface area contributed by atoms with E-state index >= 15 is 0 Å². The SMILES string of the molecule is COCc1cccc(C2(C(=O)O)CC2(C)C)c1. The molecule has 1 aromatic rings. The molecule has 3 heteroatoms. The fourth-order valence-corrected chi connectivity index (χ4v) is 2.69. The van der Waals surface area contributed by atoms with Crippen LogP contribution in [0, 0.1) is 5.41 Å². The molecule has 92 valence electrons. The highest BCUT2D eigenvalue weighted by molar-refractivity contribution is 5.87. The van der Waals surface area contributed by atoms with E-state index in [-0.39, 0.29) is 5.41 Å². The lowest BCUT2D eigenvalue weighted by atomic mass is 9.87. The standard InChI is InChI=1S/C14H18O3/c1-13(2)9-14(13,12(15)16)11-6-4-5-10(7-11)8-17-3/h4-7H,8-9H2,1-3H3,(H,15,16). The molecule has 1 fully saturated rings. The van der Waals surface area contributed by atoms with Crippen LogP contribution < -0.4 is 0 Å². The summed E-state index contributed by atoms with van der Waals surface area (Å²) in [5.41, 5.74) is 1.04. The molecule has 0 radical (unpaired) electrons. The predicted octanol–water partition coefficient (Wildman–Crippen LogP) is 2.59. The summed E-state index contributed by atoms with van der Waals surface area (Å²) in [5, 5.41) is 9.48. The number of aliphatic carboxylic acids is 1. The first-order chi connectivity index (χ1) is 7.94. The van der Waals surface area contributed by atoms with E-state index < -0.39 is 11.4 Å². The van der Waals surface area contributed by atoms with Gasteiger partial charge in [-0.05, 0) is 23.0 Å². The van der Waals surface area contributed by atoms with E-state index in [9.17, 15) is 9.90 Å². The molecule has 1 aliphatic rings. The Morgan fingerprint density at radius 2 is 2.12 bits per heavy atom. The predicted molar refractivity (Wildman–Crippen MR) is 64.9 cm³/mol. The van der Waals surface area contributed by atoms with Gasteiger partial charge in [0.15, 0.2) is 0 Å². The van der Waals surface area contributed by atoms with Gasteiger partial charge in [0.1, 0.15) is 0 Å². The number of hydrogen-bond acceptors (Lipinski definition) is 2. The quantitative estimate of drug-likeness (QED) is 0.871. The fourth-order valence-electron chi connectivity index (χ4n) is 2.69. The number of ether oxygens (including phenoxy) is 1. The summed E-state index contributed by atoms with van der Waals surface area (Å²) in [5.74, 6) is -0.725. The normalized spacial score (nSPS) is 25.6. The molecule has 0 bridgehead atoms. The van der Waals surface area contributed by atoms with Crippen LogP contribution in [-0.2, 0) is 21.6 Å². The summed E-state index contributed by atoms with van der Waals surface area (Å²) in [6.07, 6.45) is 0.700. The number of carboxylic acids is 1. The maximum atomic E-state index is 11.5. The molecule has 1 N–H and O–H groups in total. The summed E-state index contributed by atoms with van der Waals surface area (Å²) in [6.45, 7) is 4.53. The van der Waals surface area contributed by atoms with Crippen LogP contribution in [0.4, 0.5) is 0 Å². The Labute approximate surface area is 101 Å². The van der Waals surface area contributed by atoms with Crippen molar-refractivity contribution in [1.29, 1.82) is 0 Å². The highest BCUT2D eigenvalue weighted by atomic mass is 16.5. The van der Waals surface area contributed by atoms with Crippen molar-refractivity contribution in [2.24, 2.45) is 5.41 Å². The molecule has 17 heavy (non-hydrogen) atoms. The van der Waals surface area contributed by atoms with Crippen LogP contribution in [0.1, 0.15) is 31.4 Å². The molecular weight excluding hydrogens is 216 g/mol. The molecule has 0 spiro atoms. The van der Waals surface area contributed by atoms with E-state index in [1.165, 1.54) is 0 Å². The maximum Gasteiger partial charge on any atom is 0.314 e. The van der Waals surface area contributed by atoms with E-state index in [1.807, 2.05) is 38.1 Å². The molecule has 1 saturated carbocycles. The molecule has 1 unspecified atom stereocenters. The van der Waals surface area contributed by atoms with Crippen molar-refractivity contribution >= 4 is 5.97 Å². The highest BCUT2D eigenvalue weighted by Crippen LogP contribution is 2.64. The van der Waals surface area contributed by atoms with Crippen LogP contribution in [0.15, 0.2) is 24.3 Å². The molecule has 3 nitrogen and oxygen atoms in total. The lowest BCUT2D eigenvalue weighted by Gasteiger charge is -2.17. The smallest absolute Gasteiger partial charge is 0.314 e. The second-order valence-corrected chi connectivity index (χ2v) is 5.40. The highest BCUT2D eigenvalue weighted by Gasteiger charge is 2.67. The maximum absolute atomic E-state index is 11.5. The zero-order valence-corrected chi connectivity index (χ0v) is 10.5. The zero-order chi connectivity index (χ0) is 12.7. The molecule has 1 aliphatic carbocycles. The van der Waals surface area contributed by atoms with Crippen LogP contribution >= 0.6 is 0 Å². The Balaban J connectivity index is 2.40. The van der Waals surface area contributed by atoms with E-state index in [0.29, 0.717) is 13.0 Å². The molecular formula is C14H18O3. The topological polar surface area (TPSA) is 46.5 Å². The van der Waals surface area contributed by atoms with Gasteiger partial charge in [0.05, 0.1) is 12.0 Å². The van der Waals surface area contributed by atoms with Gasteiger partial charge in [-0.1, -0.05) is 38.1 Å². The molecule has 0 saturated heterocycles. The Kier molecular flexibility index (Phi) is 2.74. The Bertz CT molecular complexity index is 451. The van der Waals surface area contributed by atoms with E-state index in [0.717, 1.165) is 11.1 Å². The third-order valence-electron chi connectivity index (χ3n) is 3.83. The number of hydrogen-bond donors (Lipinski definition) is 1. The number of carbonyl (C=O) groups is 1. The van der Waals surface area contributed by atoms with Gasteiger partial charge in [-0.2, -0.15) is 0 Å². The van der Waals surface area contributed by atoms with Gasteiger partial charge in [0, 0.05) is 7.11 Å². The summed E-state index contributed by atoms with van der Waals surface area (Å²) in [4.78, 5) is 11.5. The number of benzene rings is 1. The lowest BCUT2D eigenvalue weighted by molar-refractivity contribution is -0.141. The number of carboxylic acid groups (broad SMARTS) is 1.